The summed E-state index contributed by atoms with van der Waals surface area (Å²) in [6, 6.07) is 7.65. The molecule has 0 radical (unpaired) electrons. The normalized spacial score (nSPS) is 20.2. The molecule has 3 rings (SSSR count). The molecule has 2 fully saturated rings. The molecule has 112 valence electrons. The summed E-state index contributed by atoms with van der Waals surface area (Å²) in [7, 11) is 0. The summed E-state index contributed by atoms with van der Waals surface area (Å²) >= 11 is 0. The van der Waals surface area contributed by atoms with Crippen molar-refractivity contribution in [3.8, 4) is 0 Å². The van der Waals surface area contributed by atoms with Gasteiger partial charge in [0.25, 0.3) is 0 Å². The molecule has 0 aromatic heterocycles. The van der Waals surface area contributed by atoms with Gasteiger partial charge in [-0.05, 0) is 43.4 Å². The molecule has 1 aromatic rings. The summed E-state index contributed by atoms with van der Waals surface area (Å²) in [5.41, 5.74) is 6.99. The number of benzene rings is 1. The van der Waals surface area contributed by atoms with Gasteiger partial charge in [-0.3, -0.25) is 9.59 Å². The number of amides is 2. The number of carbonyl (C=O) groups is 2. The number of anilines is 1. The molecule has 0 unspecified atom stereocenters. The third-order valence-electron chi connectivity index (χ3n) is 4.22. The number of likely N-dealkylation sites (tertiary alicyclic amines) is 1. The first-order valence-corrected chi connectivity index (χ1v) is 7.54. The largest absolute Gasteiger partial charge is 0.338 e. The molecular weight excluding hydrogens is 266 g/mol. The Balaban J connectivity index is 1.65. The molecule has 21 heavy (non-hydrogen) atoms. The Morgan fingerprint density at radius 2 is 2.14 bits per heavy atom. The fourth-order valence-corrected chi connectivity index (χ4v) is 2.61. The molecule has 1 saturated heterocycles. The number of nitrogens with zero attached hydrogens (tertiary/aromatic N) is 1. The van der Waals surface area contributed by atoms with Gasteiger partial charge in [0.1, 0.15) is 0 Å². The van der Waals surface area contributed by atoms with Crippen LogP contribution in [0.5, 0.6) is 0 Å². The van der Waals surface area contributed by atoms with Crippen molar-refractivity contribution in [1.29, 1.82) is 0 Å². The van der Waals surface area contributed by atoms with Gasteiger partial charge in [0, 0.05) is 25.2 Å². The van der Waals surface area contributed by atoms with Crippen LogP contribution in [0, 0.1) is 0 Å². The Bertz CT molecular complexity index is 566. The quantitative estimate of drug-likeness (QED) is 0.883. The number of rotatable bonds is 4. The van der Waals surface area contributed by atoms with Crippen LogP contribution < -0.4 is 11.1 Å². The zero-order valence-electron chi connectivity index (χ0n) is 12.1. The summed E-state index contributed by atoms with van der Waals surface area (Å²) in [5, 5.41) is 2.87. The molecule has 1 heterocycles. The number of hydrogen-bond donors (Lipinski definition) is 2. The van der Waals surface area contributed by atoms with E-state index in [2.05, 4.69) is 5.32 Å². The maximum Gasteiger partial charge on any atom is 0.244 e. The van der Waals surface area contributed by atoms with Crippen LogP contribution >= 0.6 is 0 Å². The van der Waals surface area contributed by atoms with Crippen molar-refractivity contribution in [3.63, 3.8) is 0 Å². The highest BCUT2D eigenvalue weighted by molar-refractivity contribution is 6.00. The van der Waals surface area contributed by atoms with Crippen molar-refractivity contribution in [1.82, 2.24) is 4.90 Å². The van der Waals surface area contributed by atoms with Crippen LogP contribution in [0.2, 0.25) is 0 Å². The van der Waals surface area contributed by atoms with Gasteiger partial charge in [-0.1, -0.05) is 12.1 Å². The zero-order chi connectivity index (χ0) is 14.9. The van der Waals surface area contributed by atoms with Gasteiger partial charge in [-0.15, -0.1) is 0 Å². The first-order valence-electron chi connectivity index (χ1n) is 7.54. The molecule has 1 aromatic carbocycles. The SMILES string of the molecule is NC1(C(=O)Nc2cccc(CN3CCCCC3=O)c2)CC1. The van der Waals surface area contributed by atoms with E-state index >= 15 is 0 Å². The van der Waals surface area contributed by atoms with E-state index in [-0.39, 0.29) is 11.8 Å². The Hall–Kier alpha value is -1.88. The monoisotopic (exact) mass is 287 g/mol. The molecule has 1 aliphatic carbocycles. The van der Waals surface area contributed by atoms with Crippen LogP contribution in [0.3, 0.4) is 0 Å². The minimum atomic E-state index is -0.668. The molecular formula is C16H21N3O2. The Labute approximate surface area is 124 Å². The highest BCUT2D eigenvalue weighted by Gasteiger charge is 2.45. The van der Waals surface area contributed by atoms with E-state index in [1.165, 1.54) is 0 Å². The van der Waals surface area contributed by atoms with Gasteiger partial charge in [-0.2, -0.15) is 0 Å². The summed E-state index contributed by atoms with van der Waals surface area (Å²) in [5.74, 6) is 0.100. The number of hydrogen-bond acceptors (Lipinski definition) is 3. The van der Waals surface area contributed by atoms with Gasteiger partial charge in [0.15, 0.2) is 0 Å². The van der Waals surface area contributed by atoms with Gasteiger partial charge in [0.05, 0.1) is 5.54 Å². The van der Waals surface area contributed by atoms with Gasteiger partial charge in [-0.25, -0.2) is 0 Å². The van der Waals surface area contributed by atoms with Crippen LogP contribution in [-0.2, 0) is 16.1 Å². The predicted molar refractivity (Wildman–Crippen MR) is 80.5 cm³/mol. The maximum absolute atomic E-state index is 11.9. The van der Waals surface area contributed by atoms with Crippen molar-refractivity contribution in [2.45, 2.75) is 44.2 Å². The molecule has 2 amide bonds. The first-order chi connectivity index (χ1) is 10.1. The fourth-order valence-electron chi connectivity index (χ4n) is 2.61. The molecule has 0 spiro atoms. The first kappa shape index (κ1) is 14.1. The van der Waals surface area contributed by atoms with E-state index in [1.54, 1.807) is 0 Å². The predicted octanol–water partition coefficient (Wildman–Crippen LogP) is 1.63. The lowest BCUT2D eigenvalue weighted by Gasteiger charge is -2.27. The second-order valence-electron chi connectivity index (χ2n) is 6.08. The number of piperidine rings is 1. The lowest BCUT2D eigenvalue weighted by Crippen LogP contribution is -2.37. The Kier molecular flexibility index (Phi) is 3.68. The third kappa shape index (κ3) is 3.24. The average Bonchev–Trinajstić information content (AvgIpc) is 3.21. The molecule has 5 nitrogen and oxygen atoms in total. The maximum atomic E-state index is 11.9. The average molecular weight is 287 g/mol. The molecule has 2 aliphatic rings. The van der Waals surface area contributed by atoms with Crippen LogP contribution in [0.25, 0.3) is 0 Å². The van der Waals surface area contributed by atoms with Crippen molar-refractivity contribution in [3.05, 3.63) is 29.8 Å². The van der Waals surface area contributed by atoms with E-state index in [0.29, 0.717) is 13.0 Å². The van der Waals surface area contributed by atoms with E-state index in [4.69, 9.17) is 5.73 Å². The van der Waals surface area contributed by atoms with Crippen LogP contribution in [0.1, 0.15) is 37.7 Å². The van der Waals surface area contributed by atoms with Gasteiger partial charge >= 0.3 is 0 Å². The summed E-state index contributed by atoms with van der Waals surface area (Å²) in [4.78, 5) is 25.7. The minimum absolute atomic E-state index is 0.117. The second kappa shape index (κ2) is 5.48. The summed E-state index contributed by atoms with van der Waals surface area (Å²) < 4.78 is 0. The van der Waals surface area contributed by atoms with E-state index in [0.717, 1.165) is 43.5 Å². The number of nitrogens with one attached hydrogen (secondary N) is 1. The van der Waals surface area contributed by atoms with Crippen LogP contribution in [0.15, 0.2) is 24.3 Å². The highest BCUT2D eigenvalue weighted by Crippen LogP contribution is 2.33. The van der Waals surface area contributed by atoms with Crippen molar-refractivity contribution < 1.29 is 9.59 Å². The third-order valence-corrected chi connectivity index (χ3v) is 4.22. The van der Waals surface area contributed by atoms with Crippen molar-refractivity contribution in [2.75, 3.05) is 11.9 Å². The fraction of sp³-hybridized carbons (Fsp3) is 0.500. The van der Waals surface area contributed by atoms with Crippen molar-refractivity contribution >= 4 is 17.5 Å². The van der Waals surface area contributed by atoms with Crippen LogP contribution in [-0.4, -0.2) is 28.8 Å². The molecule has 0 atom stereocenters. The lowest BCUT2D eigenvalue weighted by atomic mass is 10.1. The van der Waals surface area contributed by atoms with Gasteiger partial charge < -0.3 is 16.0 Å². The zero-order valence-corrected chi connectivity index (χ0v) is 12.1. The summed E-state index contributed by atoms with van der Waals surface area (Å²) in [6.45, 7) is 1.43. The molecule has 3 N–H and O–H groups in total. The lowest BCUT2D eigenvalue weighted by molar-refractivity contribution is -0.133. The Morgan fingerprint density at radius 1 is 1.33 bits per heavy atom. The molecule has 1 saturated carbocycles. The van der Waals surface area contributed by atoms with E-state index in [1.807, 2.05) is 29.2 Å². The van der Waals surface area contributed by atoms with E-state index < -0.39 is 5.54 Å². The minimum Gasteiger partial charge on any atom is -0.338 e. The Morgan fingerprint density at radius 3 is 2.86 bits per heavy atom. The number of carbonyl (C=O) groups excluding carboxylic acids is 2. The van der Waals surface area contributed by atoms with Crippen molar-refractivity contribution in [2.24, 2.45) is 5.73 Å². The smallest absolute Gasteiger partial charge is 0.244 e. The summed E-state index contributed by atoms with van der Waals surface area (Å²) in [6.07, 6.45) is 4.20. The highest BCUT2D eigenvalue weighted by atomic mass is 16.2. The van der Waals surface area contributed by atoms with Crippen LogP contribution in [0.4, 0.5) is 5.69 Å². The molecule has 1 aliphatic heterocycles. The number of nitrogens with two attached hydrogens (primary N) is 1. The topological polar surface area (TPSA) is 75.4 Å². The molecule has 0 bridgehead atoms. The van der Waals surface area contributed by atoms with E-state index in [9.17, 15) is 9.59 Å². The standard InChI is InChI=1S/C16H21N3O2/c17-16(7-8-16)15(21)18-13-5-3-4-12(10-13)11-19-9-2-1-6-14(19)20/h3-5,10H,1-2,6-9,11,17H2,(H,18,21). The molecule has 5 heteroatoms. The second-order valence-corrected chi connectivity index (χ2v) is 6.08. The van der Waals surface area contributed by atoms with Gasteiger partial charge in [0.2, 0.25) is 11.8 Å².